The summed E-state index contributed by atoms with van der Waals surface area (Å²) in [5, 5.41) is 3.00. The number of rotatable bonds is 3. The van der Waals surface area contributed by atoms with Crippen LogP contribution in [0.15, 0.2) is 28.4 Å². The average Bonchev–Trinajstić information content (AvgIpc) is 2.93. The van der Waals surface area contributed by atoms with E-state index < -0.39 is 11.7 Å². The normalized spacial score (nSPS) is 22.5. The van der Waals surface area contributed by atoms with Crippen LogP contribution in [0, 0.1) is 11.8 Å². The van der Waals surface area contributed by atoms with E-state index in [0.29, 0.717) is 16.9 Å². The molecule has 2 unspecified atom stereocenters. The van der Waals surface area contributed by atoms with Gasteiger partial charge in [-0.05, 0) is 86.7 Å². The van der Waals surface area contributed by atoms with Gasteiger partial charge >= 0.3 is 6.09 Å². The van der Waals surface area contributed by atoms with Gasteiger partial charge in [-0.3, -0.25) is 4.79 Å². The Labute approximate surface area is 163 Å². The van der Waals surface area contributed by atoms with Gasteiger partial charge in [0.15, 0.2) is 0 Å². The van der Waals surface area contributed by atoms with Crippen molar-refractivity contribution in [1.29, 1.82) is 0 Å². The molecule has 2 bridgehead atoms. The number of halogens is 1. The molecule has 142 valence electrons. The zero-order valence-electron chi connectivity index (χ0n) is 15.7. The van der Waals surface area contributed by atoms with Crippen LogP contribution < -0.4 is 5.32 Å². The molecule has 5 nitrogen and oxygen atoms in total. The quantitative estimate of drug-likeness (QED) is 0.704. The first-order chi connectivity index (χ1) is 12.2. The van der Waals surface area contributed by atoms with Crippen molar-refractivity contribution in [3.63, 3.8) is 0 Å². The van der Waals surface area contributed by atoms with Crippen LogP contribution in [0.5, 0.6) is 0 Å². The Bertz CT molecular complexity index is 730. The molecule has 0 saturated heterocycles. The number of amides is 1. The lowest BCUT2D eigenvalue weighted by atomic mass is 9.74. The third kappa shape index (κ3) is 4.78. The largest absolute Gasteiger partial charge is 0.443 e. The minimum absolute atomic E-state index is 0.254. The molecule has 1 N–H and O–H groups in total. The van der Waals surface area contributed by atoms with Crippen LogP contribution in [-0.2, 0) is 4.74 Å². The molecule has 6 heteroatoms. The highest BCUT2D eigenvalue weighted by molar-refractivity contribution is 9.10. The fraction of sp³-hybridized carbons (Fsp3) is 0.600. The molecule has 3 rings (SSSR count). The van der Waals surface area contributed by atoms with E-state index in [4.69, 9.17) is 4.74 Å². The van der Waals surface area contributed by atoms with Crippen LogP contribution >= 0.6 is 15.9 Å². The molecule has 1 aromatic rings. The van der Waals surface area contributed by atoms with Crippen molar-refractivity contribution in [3.05, 3.63) is 34.1 Å². The second-order valence-electron chi connectivity index (χ2n) is 8.39. The number of allylic oxidation sites excluding steroid dienone is 1. The third-order valence-corrected chi connectivity index (χ3v) is 5.34. The summed E-state index contributed by atoms with van der Waals surface area (Å²) in [5.74, 6) is 0.905. The Kier molecular flexibility index (Phi) is 5.61. The summed E-state index contributed by atoms with van der Waals surface area (Å²) < 4.78 is 7.32. The fourth-order valence-electron chi connectivity index (χ4n) is 3.90. The maximum atomic E-state index is 12.7. The first kappa shape index (κ1) is 19.2. The highest BCUT2D eigenvalue weighted by Crippen LogP contribution is 2.38. The zero-order valence-corrected chi connectivity index (χ0v) is 17.3. The van der Waals surface area contributed by atoms with E-state index in [1.807, 2.05) is 0 Å². The summed E-state index contributed by atoms with van der Waals surface area (Å²) >= 11 is 3.34. The van der Waals surface area contributed by atoms with Crippen molar-refractivity contribution in [2.24, 2.45) is 11.8 Å². The Morgan fingerprint density at radius 2 is 2.15 bits per heavy atom. The minimum Gasteiger partial charge on any atom is -0.443 e. The summed E-state index contributed by atoms with van der Waals surface area (Å²) in [4.78, 5) is 25.0. The molecule has 0 spiro atoms. The van der Waals surface area contributed by atoms with Crippen LogP contribution in [0.25, 0.3) is 0 Å². The fourth-order valence-corrected chi connectivity index (χ4v) is 4.32. The van der Waals surface area contributed by atoms with E-state index in [0.717, 1.165) is 12.3 Å². The summed E-state index contributed by atoms with van der Waals surface area (Å²) in [6, 6.07) is 1.65. The Morgan fingerprint density at radius 3 is 2.85 bits per heavy atom. The van der Waals surface area contributed by atoms with Gasteiger partial charge in [-0.1, -0.05) is 11.6 Å². The second kappa shape index (κ2) is 7.59. The number of hydrogen-bond donors (Lipinski definition) is 1. The van der Waals surface area contributed by atoms with Crippen LogP contribution in [0.2, 0.25) is 0 Å². The number of aromatic nitrogens is 1. The van der Waals surface area contributed by atoms with Gasteiger partial charge in [0.1, 0.15) is 11.3 Å². The van der Waals surface area contributed by atoms with Crippen molar-refractivity contribution in [3.8, 4) is 0 Å². The molecule has 1 amide bonds. The molecule has 0 aromatic carbocycles. The number of nitrogens with zero attached hydrogens (tertiary/aromatic N) is 1. The van der Waals surface area contributed by atoms with Crippen molar-refractivity contribution < 1.29 is 14.3 Å². The number of carbonyl (C=O) groups excluding carboxylic acids is 2. The standard InChI is InChI=1S/C20H27BrN2O3/c1-20(2,3)26-19(25)23-12-16(21)10-17(23)18(24)22-11-15-8-13-5-4-6-14(7-13)9-15/h8,10,12,14-15H,4-7,9,11H2,1-3H3,(H,22,24). The van der Waals surface area contributed by atoms with Crippen LogP contribution in [-0.4, -0.2) is 28.7 Å². The Hall–Kier alpha value is -1.56. The lowest BCUT2D eigenvalue weighted by Gasteiger charge is -2.32. The Balaban J connectivity index is 1.66. The van der Waals surface area contributed by atoms with E-state index in [1.165, 1.54) is 30.3 Å². The summed E-state index contributed by atoms with van der Waals surface area (Å²) in [6.45, 7) is 6.01. The number of ether oxygens (including phenoxy) is 1. The summed E-state index contributed by atoms with van der Waals surface area (Å²) in [6.07, 6.45) is 9.54. The average molecular weight is 423 g/mol. The predicted molar refractivity (Wildman–Crippen MR) is 104 cm³/mol. The Morgan fingerprint density at radius 1 is 1.38 bits per heavy atom. The second-order valence-corrected chi connectivity index (χ2v) is 9.30. The van der Waals surface area contributed by atoms with Crippen molar-refractivity contribution in [1.82, 2.24) is 9.88 Å². The van der Waals surface area contributed by atoms with Crippen molar-refractivity contribution in [2.75, 3.05) is 6.54 Å². The molecular formula is C20H27BrN2O3. The van der Waals surface area contributed by atoms with E-state index in [9.17, 15) is 9.59 Å². The topological polar surface area (TPSA) is 60.3 Å². The maximum absolute atomic E-state index is 12.7. The highest BCUT2D eigenvalue weighted by atomic mass is 79.9. The molecule has 2 atom stereocenters. The van der Waals surface area contributed by atoms with E-state index in [-0.39, 0.29) is 11.6 Å². The van der Waals surface area contributed by atoms with Gasteiger partial charge in [-0.15, -0.1) is 0 Å². The molecule has 2 aliphatic carbocycles. The van der Waals surface area contributed by atoms with Gasteiger partial charge in [0.25, 0.3) is 5.91 Å². The third-order valence-electron chi connectivity index (χ3n) is 4.90. The number of hydrogen-bond acceptors (Lipinski definition) is 3. The van der Waals surface area contributed by atoms with E-state index in [2.05, 4.69) is 27.3 Å². The molecule has 0 aliphatic heterocycles. The first-order valence-electron chi connectivity index (χ1n) is 9.30. The van der Waals surface area contributed by atoms with E-state index in [1.54, 1.807) is 38.6 Å². The molecule has 2 aliphatic rings. The van der Waals surface area contributed by atoms with Gasteiger partial charge in [0.2, 0.25) is 0 Å². The SMILES string of the molecule is CC(C)(C)OC(=O)n1cc(Br)cc1C(=O)NCC1C=C2CCCC(C2)C1. The van der Waals surface area contributed by atoms with Gasteiger partial charge in [0, 0.05) is 17.2 Å². The first-order valence-corrected chi connectivity index (χ1v) is 10.1. The molecule has 0 radical (unpaired) electrons. The molecule has 1 saturated carbocycles. The molecule has 1 aromatic heterocycles. The minimum atomic E-state index is -0.617. The van der Waals surface area contributed by atoms with Gasteiger partial charge in [0.05, 0.1) is 0 Å². The van der Waals surface area contributed by atoms with Gasteiger partial charge in [-0.25, -0.2) is 9.36 Å². The molecule has 26 heavy (non-hydrogen) atoms. The van der Waals surface area contributed by atoms with Crippen LogP contribution in [0.3, 0.4) is 0 Å². The molecular weight excluding hydrogens is 396 g/mol. The number of nitrogens with one attached hydrogen (secondary N) is 1. The van der Waals surface area contributed by atoms with Crippen LogP contribution in [0.1, 0.15) is 63.4 Å². The summed E-state index contributed by atoms with van der Waals surface area (Å²) in [7, 11) is 0. The summed E-state index contributed by atoms with van der Waals surface area (Å²) in [5.41, 5.74) is 1.22. The van der Waals surface area contributed by atoms with E-state index >= 15 is 0 Å². The smallest absolute Gasteiger partial charge is 0.419 e. The molecule has 1 heterocycles. The van der Waals surface area contributed by atoms with Crippen LogP contribution in [0.4, 0.5) is 4.79 Å². The van der Waals surface area contributed by atoms with Gasteiger partial charge < -0.3 is 10.1 Å². The maximum Gasteiger partial charge on any atom is 0.419 e. The number of carbonyl (C=O) groups is 2. The van der Waals surface area contributed by atoms with Gasteiger partial charge in [-0.2, -0.15) is 0 Å². The lowest BCUT2D eigenvalue weighted by molar-refractivity contribution is 0.0526. The lowest BCUT2D eigenvalue weighted by Crippen LogP contribution is -2.34. The molecule has 1 fully saturated rings. The number of fused-ring (bicyclic) bond motifs is 2. The van der Waals surface area contributed by atoms with Crippen molar-refractivity contribution >= 4 is 27.9 Å². The predicted octanol–water partition coefficient (Wildman–Crippen LogP) is 4.90. The monoisotopic (exact) mass is 422 g/mol. The zero-order chi connectivity index (χ0) is 18.9. The van der Waals surface area contributed by atoms with Crippen molar-refractivity contribution in [2.45, 2.75) is 58.5 Å². The highest BCUT2D eigenvalue weighted by Gasteiger charge is 2.27.